The van der Waals surface area contributed by atoms with Gasteiger partial charge in [-0.25, -0.2) is 9.59 Å². The Labute approximate surface area is 132 Å². The molecular formula is C14H14Cl2N2O3. The van der Waals surface area contributed by atoms with Crippen molar-refractivity contribution in [2.24, 2.45) is 0 Å². The van der Waals surface area contributed by atoms with E-state index in [1.54, 1.807) is 0 Å². The summed E-state index contributed by atoms with van der Waals surface area (Å²) in [5, 5.41) is 14.3. The van der Waals surface area contributed by atoms with Crippen LogP contribution >= 0.6 is 23.2 Å². The number of rotatable bonds is 6. The summed E-state index contributed by atoms with van der Waals surface area (Å²) in [5.41, 5.74) is -0.162. The zero-order valence-electron chi connectivity index (χ0n) is 11.1. The van der Waals surface area contributed by atoms with Gasteiger partial charge in [0.25, 0.3) is 0 Å². The molecule has 0 bridgehead atoms. The molecule has 3 N–H and O–H groups in total. The minimum atomic E-state index is -1.23. The van der Waals surface area contributed by atoms with Gasteiger partial charge in [0.1, 0.15) is 0 Å². The van der Waals surface area contributed by atoms with Crippen LogP contribution in [0.4, 0.5) is 10.5 Å². The second kappa shape index (κ2) is 8.40. The fourth-order valence-electron chi connectivity index (χ4n) is 1.58. The Morgan fingerprint density at radius 3 is 2.62 bits per heavy atom. The second-order valence-electron chi connectivity index (χ2n) is 4.16. The molecule has 2 amide bonds. The maximum atomic E-state index is 11.7. The van der Waals surface area contributed by atoms with Crippen molar-refractivity contribution in [3.8, 4) is 12.3 Å². The summed E-state index contributed by atoms with van der Waals surface area (Å²) < 4.78 is 0. The monoisotopic (exact) mass is 328 g/mol. The number of halogens is 2. The number of carboxylic acid groups (broad SMARTS) is 1. The average Bonchev–Trinajstić information content (AvgIpc) is 2.41. The van der Waals surface area contributed by atoms with Crippen molar-refractivity contribution in [3.05, 3.63) is 27.7 Å². The van der Waals surface area contributed by atoms with Gasteiger partial charge < -0.3 is 15.7 Å². The van der Waals surface area contributed by atoms with Crippen LogP contribution in [-0.2, 0) is 0 Å². The first kappa shape index (κ1) is 17.2. The Hall–Kier alpha value is -1.90. The number of urea groups is 1. The highest BCUT2D eigenvalue weighted by Gasteiger charge is 2.17. The number of carbonyl (C=O) groups excluding carboxylic acids is 1. The highest BCUT2D eigenvalue weighted by Crippen LogP contribution is 2.30. The number of benzene rings is 1. The van der Waals surface area contributed by atoms with Gasteiger partial charge in [-0.3, -0.25) is 0 Å². The molecule has 1 aromatic rings. The molecule has 0 spiro atoms. The van der Waals surface area contributed by atoms with E-state index in [4.69, 9.17) is 34.7 Å². The van der Waals surface area contributed by atoms with E-state index in [2.05, 4.69) is 16.6 Å². The number of amides is 2. The van der Waals surface area contributed by atoms with E-state index < -0.39 is 12.0 Å². The number of carboxylic acids is 1. The van der Waals surface area contributed by atoms with E-state index in [9.17, 15) is 9.59 Å². The summed E-state index contributed by atoms with van der Waals surface area (Å²) in [6, 6.07) is 2.04. The van der Waals surface area contributed by atoms with Crippen molar-refractivity contribution in [3.63, 3.8) is 0 Å². The highest BCUT2D eigenvalue weighted by molar-refractivity contribution is 6.37. The molecule has 0 atom stereocenters. The van der Waals surface area contributed by atoms with Crippen LogP contribution in [0, 0.1) is 12.3 Å². The maximum Gasteiger partial charge on any atom is 0.337 e. The van der Waals surface area contributed by atoms with E-state index in [1.165, 1.54) is 12.1 Å². The van der Waals surface area contributed by atoms with E-state index in [0.29, 0.717) is 13.0 Å². The summed E-state index contributed by atoms with van der Waals surface area (Å²) >= 11 is 11.7. The molecule has 7 heteroatoms. The van der Waals surface area contributed by atoms with Crippen molar-refractivity contribution in [1.29, 1.82) is 0 Å². The Kier molecular flexibility index (Phi) is 6.86. The number of unbranched alkanes of at least 4 members (excludes halogenated alkanes) is 2. The Morgan fingerprint density at radius 2 is 2.00 bits per heavy atom. The van der Waals surface area contributed by atoms with E-state index in [0.717, 1.165) is 12.8 Å². The lowest BCUT2D eigenvalue weighted by Gasteiger charge is -2.12. The highest BCUT2D eigenvalue weighted by atomic mass is 35.5. The van der Waals surface area contributed by atoms with Gasteiger partial charge in [0, 0.05) is 18.0 Å². The molecule has 21 heavy (non-hydrogen) atoms. The predicted octanol–water partition coefficient (Wildman–Crippen LogP) is 3.62. The van der Waals surface area contributed by atoms with E-state index in [-0.39, 0.29) is 21.3 Å². The summed E-state index contributed by atoms with van der Waals surface area (Å²) in [6.07, 6.45) is 7.30. The summed E-state index contributed by atoms with van der Waals surface area (Å²) in [6.45, 7) is 0.432. The molecule has 0 heterocycles. The lowest BCUT2D eigenvalue weighted by Crippen LogP contribution is -2.30. The van der Waals surface area contributed by atoms with Crippen molar-refractivity contribution in [2.45, 2.75) is 19.3 Å². The van der Waals surface area contributed by atoms with Crippen LogP contribution in [0.15, 0.2) is 12.1 Å². The molecule has 5 nitrogen and oxygen atoms in total. The van der Waals surface area contributed by atoms with Crippen LogP contribution in [0.3, 0.4) is 0 Å². The fourth-order valence-corrected chi connectivity index (χ4v) is 2.12. The molecule has 0 saturated carbocycles. The van der Waals surface area contributed by atoms with Crippen LogP contribution in [0.5, 0.6) is 0 Å². The SMILES string of the molecule is C#CCCCCNC(=O)Nc1c(Cl)cc(Cl)cc1C(=O)O. The zero-order chi connectivity index (χ0) is 15.8. The molecule has 0 aliphatic heterocycles. The number of carbonyl (C=O) groups is 2. The molecule has 112 valence electrons. The van der Waals surface area contributed by atoms with Gasteiger partial charge in [-0.05, 0) is 25.0 Å². The van der Waals surface area contributed by atoms with Crippen molar-refractivity contribution in [1.82, 2.24) is 5.32 Å². The number of aromatic carboxylic acids is 1. The van der Waals surface area contributed by atoms with E-state index >= 15 is 0 Å². The number of terminal acetylenes is 1. The van der Waals surface area contributed by atoms with Crippen molar-refractivity contribution >= 4 is 40.9 Å². The van der Waals surface area contributed by atoms with Gasteiger partial charge in [0.15, 0.2) is 0 Å². The first-order valence-electron chi connectivity index (χ1n) is 6.16. The third-order valence-electron chi connectivity index (χ3n) is 2.56. The lowest BCUT2D eigenvalue weighted by molar-refractivity contribution is 0.0698. The van der Waals surface area contributed by atoms with Crippen LogP contribution in [-0.4, -0.2) is 23.7 Å². The smallest absolute Gasteiger partial charge is 0.337 e. The standard InChI is InChI=1S/C14H14Cl2N2O3/c1-2-3-4-5-6-17-14(21)18-12-10(13(19)20)7-9(15)8-11(12)16/h1,7-8H,3-6H2,(H,19,20)(H2,17,18,21). The number of anilines is 1. The Morgan fingerprint density at radius 1 is 1.29 bits per heavy atom. The molecular weight excluding hydrogens is 315 g/mol. The topological polar surface area (TPSA) is 78.4 Å². The minimum absolute atomic E-state index is 0.00897. The maximum absolute atomic E-state index is 11.7. The van der Waals surface area contributed by atoms with Crippen LogP contribution in [0.1, 0.15) is 29.6 Å². The third-order valence-corrected chi connectivity index (χ3v) is 3.07. The van der Waals surface area contributed by atoms with Gasteiger partial charge in [-0.2, -0.15) is 0 Å². The third kappa shape index (κ3) is 5.54. The largest absolute Gasteiger partial charge is 0.478 e. The lowest BCUT2D eigenvalue weighted by atomic mass is 10.2. The van der Waals surface area contributed by atoms with Gasteiger partial charge in [0.2, 0.25) is 0 Å². The summed E-state index contributed by atoms with van der Waals surface area (Å²) in [5.74, 6) is 1.27. The molecule has 0 saturated heterocycles. The molecule has 1 rings (SSSR count). The van der Waals surface area contributed by atoms with Gasteiger partial charge in [-0.15, -0.1) is 12.3 Å². The molecule has 0 aromatic heterocycles. The summed E-state index contributed by atoms with van der Waals surface area (Å²) in [7, 11) is 0. The van der Waals surface area contributed by atoms with E-state index in [1.807, 2.05) is 0 Å². The normalized spacial score (nSPS) is 9.76. The molecule has 0 unspecified atom stereocenters. The second-order valence-corrected chi connectivity index (χ2v) is 5.00. The first-order chi connectivity index (χ1) is 9.95. The summed E-state index contributed by atoms with van der Waals surface area (Å²) in [4.78, 5) is 22.8. The zero-order valence-corrected chi connectivity index (χ0v) is 12.6. The predicted molar refractivity (Wildman–Crippen MR) is 83.1 cm³/mol. The minimum Gasteiger partial charge on any atom is -0.478 e. The Bertz CT molecular complexity index is 582. The van der Waals surface area contributed by atoms with Gasteiger partial charge in [-0.1, -0.05) is 23.2 Å². The quantitative estimate of drug-likeness (QED) is 0.551. The number of nitrogens with one attached hydrogen (secondary N) is 2. The van der Waals surface area contributed by atoms with Crippen LogP contribution in [0.2, 0.25) is 10.0 Å². The number of hydrogen-bond acceptors (Lipinski definition) is 2. The molecule has 1 aromatic carbocycles. The Balaban J connectivity index is 2.68. The van der Waals surface area contributed by atoms with Gasteiger partial charge in [0.05, 0.1) is 16.3 Å². The number of hydrogen-bond donors (Lipinski definition) is 3. The fraction of sp³-hybridized carbons (Fsp3) is 0.286. The van der Waals surface area contributed by atoms with Crippen LogP contribution < -0.4 is 10.6 Å². The van der Waals surface area contributed by atoms with Gasteiger partial charge >= 0.3 is 12.0 Å². The first-order valence-corrected chi connectivity index (χ1v) is 6.92. The average molecular weight is 329 g/mol. The molecule has 0 fully saturated rings. The van der Waals surface area contributed by atoms with Crippen molar-refractivity contribution in [2.75, 3.05) is 11.9 Å². The molecule has 0 aliphatic carbocycles. The molecule has 0 radical (unpaired) electrons. The van der Waals surface area contributed by atoms with Crippen molar-refractivity contribution < 1.29 is 14.7 Å². The van der Waals surface area contributed by atoms with Crippen LogP contribution in [0.25, 0.3) is 0 Å². The molecule has 0 aliphatic rings.